The molecule has 30 heavy (non-hydrogen) atoms. The second-order valence-corrected chi connectivity index (χ2v) is 9.72. The summed E-state index contributed by atoms with van der Waals surface area (Å²) in [7, 11) is -3.96. The van der Waals surface area contributed by atoms with Crippen molar-refractivity contribution in [3.63, 3.8) is 0 Å². The van der Waals surface area contributed by atoms with E-state index in [2.05, 4.69) is 0 Å². The molecule has 0 spiro atoms. The summed E-state index contributed by atoms with van der Waals surface area (Å²) >= 11 is 12.4. The number of hydrogen-bond donors (Lipinski definition) is 1. The van der Waals surface area contributed by atoms with Crippen molar-refractivity contribution in [2.45, 2.75) is 17.9 Å². The molecule has 0 aromatic heterocycles. The van der Waals surface area contributed by atoms with E-state index in [-0.39, 0.29) is 34.6 Å². The lowest BCUT2D eigenvalue weighted by atomic mass is 10.2. The van der Waals surface area contributed by atoms with Crippen LogP contribution in [0.2, 0.25) is 10.0 Å². The van der Waals surface area contributed by atoms with Crippen LogP contribution in [0.1, 0.15) is 5.56 Å². The molecule has 0 radical (unpaired) electrons. The van der Waals surface area contributed by atoms with E-state index in [0.717, 1.165) is 9.87 Å². The van der Waals surface area contributed by atoms with Crippen LogP contribution in [0.15, 0.2) is 47.4 Å². The number of β-amino-alcohol motifs (C(OH)–C–C–N with tert-alkyl or cyclic N) is 1. The predicted octanol–water partition coefficient (Wildman–Crippen LogP) is 0.194. The molecular weight excluding hydrogens is 471 g/mol. The largest absolute Gasteiger partial charge is 1.00 e. The number of benzene rings is 2. The Kier molecular flexibility index (Phi) is 9.24. The minimum atomic E-state index is -3.96. The van der Waals surface area contributed by atoms with E-state index in [1.54, 1.807) is 36.4 Å². The van der Waals surface area contributed by atoms with Gasteiger partial charge in [-0.15, -0.1) is 0 Å². The van der Waals surface area contributed by atoms with E-state index in [1.165, 1.54) is 6.07 Å². The van der Waals surface area contributed by atoms with Crippen LogP contribution < -0.4 is 16.7 Å². The van der Waals surface area contributed by atoms with Crippen LogP contribution in [0.4, 0.5) is 5.69 Å². The minimum Gasteiger partial charge on any atom is -1.00 e. The molecule has 10 heteroatoms. The lowest BCUT2D eigenvalue weighted by Crippen LogP contribution is -3.00. The number of rotatable bonds is 7. The molecule has 1 aliphatic heterocycles. The van der Waals surface area contributed by atoms with Crippen molar-refractivity contribution in [2.75, 3.05) is 43.7 Å². The van der Waals surface area contributed by atoms with Crippen molar-refractivity contribution < 1.29 is 30.7 Å². The smallest absolute Gasteiger partial charge is 0.264 e. The molecule has 166 valence electrons. The molecule has 2 aromatic rings. The van der Waals surface area contributed by atoms with Crippen LogP contribution in [-0.4, -0.2) is 63.9 Å². The Labute approximate surface area is 193 Å². The van der Waals surface area contributed by atoms with Gasteiger partial charge in [-0.1, -0.05) is 40.9 Å². The molecule has 6 nitrogen and oxygen atoms in total. The van der Waals surface area contributed by atoms with Gasteiger partial charge >= 0.3 is 0 Å². The van der Waals surface area contributed by atoms with Crippen LogP contribution in [0.5, 0.6) is 0 Å². The van der Waals surface area contributed by atoms with Gasteiger partial charge in [0, 0.05) is 24.7 Å². The first-order valence-electron chi connectivity index (χ1n) is 9.30. The van der Waals surface area contributed by atoms with Gasteiger partial charge in [0.25, 0.3) is 10.0 Å². The van der Waals surface area contributed by atoms with E-state index in [1.807, 2.05) is 11.8 Å². The highest BCUT2D eigenvalue weighted by molar-refractivity contribution is 7.92. The van der Waals surface area contributed by atoms with Crippen molar-refractivity contribution >= 4 is 38.9 Å². The van der Waals surface area contributed by atoms with Gasteiger partial charge in [-0.05, 0) is 37.3 Å². The quantitative estimate of drug-likeness (QED) is 0.595. The third kappa shape index (κ3) is 6.23. The first kappa shape index (κ1) is 25.2. The SMILES string of the molecule is Cc1ccc(S(=O)(=O)N(CC(O)CN2CCOCC2)c2cc(Cl)ccc2Cl)cc1.[Cl-]. The van der Waals surface area contributed by atoms with Crippen molar-refractivity contribution in [2.24, 2.45) is 0 Å². The molecule has 1 N–H and O–H groups in total. The zero-order valence-electron chi connectivity index (χ0n) is 16.5. The monoisotopic (exact) mass is 493 g/mol. The van der Waals surface area contributed by atoms with Crippen molar-refractivity contribution in [3.8, 4) is 0 Å². The highest BCUT2D eigenvalue weighted by atomic mass is 35.5. The highest BCUT2D eigenvalue weighted by Crippen LogP contribution is 2.33. The Bertz CT molecular complexity index is 936. The maximum atomic E-state index is 13.4. The second-order valence-electron chi connectivity index (χ2n) is 7.01. The summed E-state index contributed by atoms with van der Waals surface area (Å²) in [6.07, 6.45) is -0.914. The molecule has 0 aliphatic carbocycles. The van der Waals surface area contributed by atoms with E-state index in [9.17, 15) is 13.5 Å². The molecular formula is C20H24Cl3N2O4S-. The third-order valence-corrected chi connectivity index (χ3v) is 7.08. The van der Waals surface area contributed by atoms with Crippen LogP contribution in [0, 0.1) is 6.92 Å². The predicted molar refractivity (Wildman–Crippen MR) is 115 cm³/mol. The maximum absolute atomic E-state index is 13.4. The van der Waals surface area contributed by atoms with Gasteiger partial charge in [-0.2, -0.15) is 0 Å². The molecule has 1 saturated heterocycles. The van der Waals surface area contributed by atoms with Crippen molar-refractivity contribution in [3.05, 3.63) is 58.1 Å². The summed E-state index contributed by atoms with van der Waals surface area (Å²) in [5, 5.41) is 11.3. The van der Waals surface area contributed by atoms with Gasteiger partial charge in [0.1, 0.15) is 0 Å². The summed E-state index contributed by atoms with van der Waals surface area (Å²) in [4.78, 5) is 2.17. The standard InChI is InChI=1S/C20H24Cl2N2O4S.ClH/c1-15-2-5-18(6-3-15)29(26,27)24(20-12-16(21)4-7-19(20)22)14-17(25)13-23-8-10-28-11-9-23;/h2-7,12,17,25H,8-11,13-14H2,1H3;1H/p-1. The number of sulfonamides is 1. The minimum absolute atomic E-state index is 0. The number of aryl methyl sites for hydroxylation is 1. The molecule has 1 unspecified atom stereocenters. The summed E-state index contributed by atoms with van der Waals surface area (Å²) in [6.45, 7) is 4.65. The Balaban J connectivity index is 0.00000320. The zero-order valence-corrected chi connectivity index (χ0v) is 19.6. The number of halogens is 3. The van der Waals surface area contributed by atoms with Gasteiger partial charge in [0.15, 0.2) is 0 Å². The molecule has 0 bridgehead atoms. The van der Waals surface area contributed by atoms with Crippen molar-refractivity contribution in [1.29, 1.82) is 0 Å². The van der Waals surface area contributed by atoms with Crippen LogP contribution in [-0.2, 0) is 14.8 Å². The first-order valence-corrected chi connectivity index (χ1v) is 11.5. The molecule has 1 atom stereocenters. The van der Waals surface area contributed by atoms with E-state index in [4.69, 9.17) is 27.9 Å². The fourth-order valence-corrected chi connectivity index (χ4v) is 5.12. The van der Waals surface area contributed by atoms with E-state index in [0.29, 0.717) is 37.9 Å². The molecule has 0 amide bonds. The summed E-state index contributed by atoms with van der Waals surface area (Å²) in [6, 6.07) is 11.2. The lowest BCUT2D eigenvalue weighted by molar-refractivity contribution is -0.0000190. The van der Waals surface area contributed by atoms with Crippen molar-refractivity contribution in [1.82, 2.24) is 4.90 Å². The van der Waals surface area contributed by atoms with Gasteiger partial charge < -0.3 is 22.3 Å². The number of nitrogens with zero attached hydrogens (tertiary/aromatic N) is 2. The van der Waals surface area contributed by atoms with Gasteiger partial charge in [-0.25, -0.2) is 8.42 Å². The van der Waals surface area contributed by atoms with Gasteiger partial charge in [-0.3, -0.25) is 9.21 Å². The first-order chi connectivity index (χ1) is 13.8. The molecule has 1 heterocycles. The Hall–Kier alpha value is -1.06. The Morgan fingerprint density at radius 2 is 1.77 bits per heavy atom. The average molecular weight is 495 g/mol. The molecule has 1 fully saturated rings. The lowest BCUT2D eigenvalue weighted by Gasteiger charge is -2.32. The fraction of sp³-hybridized carbons (Fsp3) is 0.400. The fourth-order valence-electron chi connectivity index (χ4n) is 3.17. The Morgan fingerprint density at radius 1 is 1.13 bits per heavy atom. The van der Waals surface area contributed by atoms with Gasteiger partial charge in [0.2, 0.25) is 0 Å². The van der Waals surface area contributed by atoms with Crippen LogP contribution >= 0.6 is 23.2 Å². The number of morpholine rings is 1. The Morgan fingerprint density at radius 3 is 2.40 bits per heavy atom. The molecule has 2 aromatic carbocycles. The number of aliphatic hydroxyl groups excluding tert-OH is 1. The number of hydrogen-bond acceptors (Lipinski definition) is 5. The van der Waals surface area contributed by atoms with Crippen LogP contribution in [0.25, 0.3) is 0 Å². The van der Waals surface area contributed by atoms with Gasteiger partial charge in [0.05, 0.1) is 41.5 Å². The zero-order chi connectivity index (χ0) is 21.0. The third-order valence-electron chi connectivity index (χ3n) is 4.74. The number of anilines is 1. The topological polar surface area (TPSA) is 70.1 Å². The summed E-state index contributed by atoms with van der Waals surface area (Å²) < 4.78 is 33.3. The summed E-state index contributed by atoms with van der Waals surface area (Å²) in [5.41, 5.74) is 1.18. The van der Waals surface area contributed by atoms with E-state index >= 15 is 0 Å². The molecule has 3 rings (SSSR count). The van der Waals surface area contributed by atoms with E-state index < -0.39 is 16.1 Å². The summed E-state index contributed by atoms with van der Waals surface area (Å²) in [5.74, 6) is 0. The second kappa shape index (κ2) is 11.0. The average Bonchev–Trinajstić information content (AvgIpc) is 2.69. The molecule has 0 saturated carbocycles. The highest BCUT2D eigenvalue weighted by Gasteiger charge is 2.29. The molecule has 1 aliphatic rings. The van der Waals surface area contributed by atoms with Crippen LogP contribution in [0.3, 0.4) is 0 Å². The number of aliphatic hydroxyl groups is 1. The number of ether oxygens (including phenoxy) is 1. The normalized spacial score (nSPS) is 16.0. The maximum Gasteiger partial charge on any atom is 0.264 e.